The summed E-state index contributed by atoms with van der Waals surface area (Å²) in [5, 5.41) is 16.6. The lowest BCUT2D eigenvalue weighted by molar-refractivity contribution is -0.131. The molecule has 1 atom stereocenters. The van der Waals surface area contributed by atoms with Crippen molar-refractivity contribution >= 4 is 50.6 Å². The quantitative estimate of drug-likeness (QED) is 0.514. The SMILES string of the molecule is Cn1c(=O)c2sccc2n2c(CN3C(=O)NC(C)(c4ccsc4)C3=O)nnc12. The van der Waals surface area contributed by atoms with Gasteiger partial charge in [0.2, 0.25) is 5.78 Å². The van der Waals surface area contributed by atoms with Crippen LogP contribution in [-0.4, -0.2) is 36.0 Å². The molecule has 0 aromatic carbocycles. The van der Waals surface area contributed by atoms with Gasteiger partial charge in [0.15, 0.2) is 5.82 Å². The van der Waals surface area contributed by atoms with E-state index < -0.39 is 11.6 Å². The monoisotopic (exact) mass is 414 g/mol. The Hall–Kier alpha value is -3.05. The summed E-state index contributed by atoms with van der Waals surface area (Å²) in [6.45, 7) is 1.65. The third-order valence-corrected chi connectivity index (χ3v) is 6.65. The van der Waals surface area contributed by atoms with E-state index in [1.807, 2.05) is 28.3 Å². The highest BCUT2D eigenvalue weighted by Gasteiger charge is 2.49. The van der Waals surface area contributed by atoms with Crippen LogP contribution in [0.5, 0.6) is 0 Å². The molecule has 5 rings (SSSR count). The summed E-state index contributed by atoms with van der Waals surface area (Å²) in [5.74, 6) is 0.421. The molecule has 0 aliphatic carbocycles. The van der Waals surface area contributed by atoms with Crippen LogP contribution in [-0.2, 0) is 23.9 Å². The fourth-order valence-corrected chi connectivity index (χ4v) is 5.10. The van der Waals surface area contributed by atoms with E-state index in [2.05, 4.69) is 15.5 Å². The molecule has 4 aromatic heterocycles. The number of thiophene rings is 2. The zero-order chi connectivity index (χ0) is 19.6. The van der Waals surface area contributed by atoms with Gasteiger partial charge in [-0.25, -0.2) is 4.79 Å². The molecule has 0 bridgehead atoms. The zero-order valence-corrected chi connectivity index (χ0v) is 16.5. The summed E-state index contributed by atoms with van der Waals surface area (Å²) in [6, 6.07) is 3.15. The van der Waals surface area contributed by atoms with E-state index >= 15 is 0 Å². The van der Waals surface area contributed by atoms with Crippen LogP contribution in [0, 0.1) is 0 Å². The topological polar surface area (TPSA) is 102 Å². The first-order valence-electron chi connectivity index (χ1n) is 8.39. The lowest BCUT2D eigenvalue weighted by Crippen LogP contribution is -2.40. The van der Waals surface area contributed by atoms with Crippen LogP contribution in [0.2, 0.25) is 0 Å². The second-order valence-electron chi connectivity index (χ2n) is 6.71. The van der Waals surface area contributed by atoms with E-state index in [0.29, 0.717) is 21.8 Å². The summed E-state index contributed by atoms with van der Waals surface area (Å²) in [5.41, 5.74) is 0.140. The molecule has 1 aliphatic heterocycles. The average molecular weight is 414 g/mol. The second kappa shape index (κ2) is 5.72. The van der Waals surface area contributed by atoms with Gasteiger partial charge in [-0.15, -0.1) is 21.5 Å². The summed E-state index contributed by atoms with van der Waals surface area (Å²) >= 11 is 2.79. The van der Waals surface area contributed by atoms with Crippen molar-refractivity contribution in [3.05, 3.63) is 50.0 Å². The summed E-state index contributed by atoms with van der Waals surface area (Å²) in [4.78, 5) is 39.2. The smallest absolute Gasteiger partial charge is 0.319 e. The first kappa shape index (κ1) is 17.1. The number of carbonyl (C=O) groups is 2. The van der Waals surface area contributed by atoms with Crippen molar-refractivity contribution in [2.24, 2.45) is 7.05 Å². The molecular weight excluding hydrogens is 400 g/mol. The van der Waals surface area contributed by atoms with Crippen LogP contribution in [0.25, 0.3) is 16.0 Å². The second-order valence-corrected chi connectivity index (χ2v) is 8.41. The first-order valence-corrected chi connectivity index (χ1v) is 10.2. The van der Waals surface area contributed by atoms with Crippen LogP contribution in [0.15, 0.2) is 33.1 Å². The van der Waals surface area contributed by atoms with Crippen LogP contribution in [0.4, 0.5) is 4.79 Å². The van der Waals surface area contributed by atoms with Gasteiger partial charge in [0.05, 0.1) is 12.1 Å². The Morgan fingerprint density at radius 2 is 2.00 bits per heavy atom. The number of amides is 3. The number of urea groups is 1. The summed E-state index contributed by atoms with van der Waals surface area (Å²) in [6.07, 6.45) is 0. The number of imide groups is 1. The Morgan fingerprint density at radius 1 is 1.18 bits per heavy atom. The molecular formula is C17H14N6O3S2. The molecule has 0 spiro atoms. The Labute approximate surface area is 165 Å². The fraction of sp³-hybridized carbons (Fsp3) is 0.235. The van der Waals surface area contributed by atoms with Crippen molar-refractivity contribution in [1.29, 1.82) is 0 Å². The molecule has 1 fully saturated rings. The molecule has 0 saturated carbocycles. The van der Waals surface area contributed by atoms with Crippen LogP contribution < -0.4 is 10.9 Å². The molecule has 11 heteroatoms. The van der Waals surface area contributed by atoms with Gasteiger partial charge in [0.1, 0.15) is 10.2 Å². The number of rotatable bonds is 3. The molecule has 1 N–H and O–H groups in total. The van der Waals surface area contributed by atoms with Gasteiger partial charge < -0.3 is 5.32 Å². The van der Waals surface area contributed by atoms with Crippen molar-refractivity contribution in [3.8, 4) is 0 Å². The lowest BCUT2D eigenvalue weighted by Gasteiger charge is -2.20. The highest BCUT2D eigenvalue weighted by Crippen LogP contribution is 2.31. The Bertz CT molecular complexity index is 1320. The van der Waals surface area contributed by atoms with Gasteiger partial charge in [0, 0.05) is 7.05 Å². The number of aryl methyl sites for hydroxylation is 1. The molecule has 5 heterocycles. The van der Waals surface area contributed by atoms with Crippen LogP contribution >= 0.6 is 22.7 Å². The minimum Gasteiger partial charge on any atom is -0.319 e. The predicted molar refractivity (Wildman–Crippen MR) is 104 cm³/mol. The molecule has 142 valence electrons. The Morgan fingerprint density at radius 3 is 2.75 bits per heavy atom. The number of fused-ring (bicyclic) bond motifs is 3. The molecule has 28 heavy (non-hydrogen) atoms. The highest BCUT2D eigenvalue weighted by molar-refractivity contribution is 7.17. The van der Waals surface area contributed by atoms with E-state index in [-0.39, 0.29) is 18.0 Å². The number of hydrogen-bond donors (Lipinski definition) is 1. The van der Waals surface area contributed by atoms with Crippen molar-refractivity contribution < 1.29 is 9.59 Å². The van der Waals surface area contributed by atoms with Crippen molar-refractivity contribution in [2.45, 2.75) is 19.0 Å². The minimum atomic E-state index is -1.11. The maximum Gasteiger partial charge on any atom is 0.325 e. The number of carbonyl (C=O) groups excluding carboxylic acids is 2. The molecule has 1 saturated heterocycles. The maximum atomic E-state index is 13.1. The van der Waals surface area contributed by atoms with E-state index in [0.717, 1.165) is 10.5 Å². The van der Waals surface area contributed by atoms with Crippen LogP contribution in [0.1, 0.15) is 18.3 Å². The van der Waals surface area contributed by atoms with Crippen molar-refractivity contribution in [1.82, 2.24) is 29.4 Å². The third kappa shape index (κ3) is 2.14. The number of nitrogens with one attached hydrogen (secondary N) is 1. The van der Waals surface area contributed by atoms with Gasteiger partial charge in [-0.1, -0.05) is 0 Å². The molecule has 9 nitrogen and oxygen atoms in total. The maximum absolute atomic E-state index is 13.1. The van der Waals surface area contributed by atoms with Gasteiger partial charge in [-0.3, -0.25) is 23.5 Å². The van der Waals surface area contributed by atoms with Crippen LogP contribution in [0.3, 0.4) is 0 Å². The third-order valence-electron chi connectivity index (χ3n) is 5.07. The summed E-state index contributed by atoms with van der Waals surface area (Å²) < 4.78 is 3.70. The standard InChI is InChI=1S/C17H14N6O3S2/c1-17(9-3-5-27-8-9)14(25)22(16(26)18-17)7-11-19-20-15-21(2)13(24)12-10(23(11)15)4-6-28-12/h3-6,8H,7H2,1-2H3,(H,18,26). The normalized spacial score (nSPS) is 19.9. The molecule has 1 unspecified atom stereocenters. The van der Waals surface area contributed by atoms with Gasteiger partial charge >= 0.3 is 6.03 Å². The van der Waals surface area contributed by atoms with Gasteiger partial charge in [-0.05, 0) is 40.8 Å². The van der Waals surface area contributed by atoms with E-state index in [1.54, 1.807) is 18.4 Å². The Balaban J connectivity index is 1.61. The van der Waals surface area contributed by atoms with E-state index in [1.165, 1.54) is 27.2 Å². The largest absolute Gasteiger partial charge is 0.325 e. The molecule has 3 amide bonds. The lowest BCUT2D eigenvalue weighted by atomic mass is 9.95. The summed E-state index contributed by atoms with van der Waals surface area (Å²) in [7, 11) is 1.62. The molecule has 0 radical (unpaired) electrons. The average Bonchev–Trinajstić information content (AvgIpc) is 3.44. The molecule has 4 aromatic rings. The Kier molecular flexibility index (Phi) is 3.49. The first-order chi connectivity index (χ1) is 13.4. The van der Waals surface area contributed by atoms with Gasteiger partial charge in [-0.2, -0.15) is 11.3 Å². The van der Waals surface area contributed by atoms with E-state index in [9.17, 15) is 14.4 Å². The number of aromatic nitrogens is 4. The zero-order valence-electron chi connectivity index (χ0n) is 14.9. The van der Waals surface area contributed by atoms with Crippen molar-refractivity contribution in [3.63, 3.8) is 0 Å². The van der Waals surface area contributed by atoms with Crippen molar-refractivity contribution in [2.75, 3.05) is 0 Å². The van der Waals surface area contributed by atoms with E-state index in [4.69, 9.17) is 0 Å². The number of hydrogen-bond acceptors (Lipinski definition) is 7. The fourth-order valence-electron chi connectivity index (χ4n) is 3.48. The highest BCUT2D eigenvalue weighted by atomic mass is 32.1. The molecule has 1 aliphatic rings. The minimum absolute atomic E-state index is 0.0469. The number of nitrogens with zero attached hydrogens (tertiary/aromatic N) is 5. The predicted octanol–water partition coefficient (Wildman–Crippen LogP) is 1.67. The van der Waals surface area contributed by atoms with Gasteiger partial charge in [0.25, 0.3) is 11.5 Å².